The number of rotatable bonds is 3. The monoisotopic (exact) mass is 266 g/mol. The van der Waals surface area contributed by atoms with Crippen LogP contribution in [-0.2, 0) is 16.1 Å². The van der Waals surface area contributed by atoms with E-state index < -0.39 is 0 Å². The second kappa shape index (κ2) is 6.12. The highest BCUT2D eigenvalue weighted by Gasteiger charge is 2.30. The van der Waals surface area contributed by atoms with E-state index >= 15 is 0 Å². The summed E-state index contributed by atoms with van der Waals surface area (Å²) >= 11 is 0. The summed E-state index contributed by atoms with van der Waals surface area (Å²) < 4.78 is 19.0. The summed E-state index contributed by atoms with van der Waals surface area (Å²) in [6, 6.07) is 6.14. The SMILES string of the molecule is C[C@H]1OCCN[C@@H]1C(=O)N(C)Cc1ccccc1F. The quantitative estimate of drug-likeness (QED) is 0.892. The molecule has 1 fully saturated rings. The first-order chi connectivity index (χ1) is 9.09. The Morgan fingerprint density at radius 2 is 2.26 bits per heavy atom. The van der Waals surface area contributed by atoms with Gasteiger partial charge in [0.1, 0.15) is 11.9 Å². The number of halogens is 1. The summed E-state index contributed by atoms with van der Waals surface area (Å²) in [4.78, 5) is 13.8. The summed E-state index contributed by atoms with van der Waals surface area (Å²) in [5, 5.41) is 3.14. The highest BCUT2D eigenvalue weighted by Crippen LogP contribution is 2.12. The maximum atomic E-state index is 13.6. The van der Waals surface area contributed by atoms with Gasteiger partial charge in [-0.15, -0.1) is 0 Å². The summed E-state index contributed by atoms with van der Waals surface area (Å²) in [6.07, 6.45) is -0.163. The number of benzene rings is 1. The van der Waals surface area contributed by atoms with E-state index in [-0.39, 0.29) is 30.4 Å². The molecule has 1 aliphatic heterocycles. The average molecular weight is 266 g/mol. The molecule has 5 heteroatoms. The van der Waals surface area contributed by atoms with Gasteiger partial charge in [0.2, 0.25) is 5.91 Å². The van der Waals surface area contributed by atoms with E-state index in [1.807, 2.05) is 6.92 Å². The standard InChI is InChI=1S/C14H19FN2O2/c1-10-13(16-7-8-19-10)14(18)17(2)9-11-5-3-4-6-12(11)15/h3-6,10,13,16H,7-9H2,1-2H3/t10-,13+/m1/s1. The molecule has 2 rings (SSSR count). The lowest BCUT2D eigenvalue weighted by Crippen LogP contribution is -2.55. The molecule has 4 nitrogen and oxygen atoms in total. The van der Waals surface area contributed by atoms with Crippen molar-refractivity contribution in [3.8, 4) is 0 Å². The van der Waals surface area contributed by atoms with Crippen LogP contribution in [0.1, 0.15) is 12.5 Å². The van der Waals surface area contributed by atoms with Gasteiger partial charge in [-0.3, -0.25) is 4.79 Å². The zero-order valence-electron chi connectivity index (χ0n) is 11.2. The number of ether oxygens (including phenoxy) is 1. The number of hydrogen-bond acceptors (Lipinski definition) is 3. The zero-order chi connectivity index (χ0) is 13.8. The summed E-state index contributed by atoms with van der Waals surface area (Å²) in [5.41, 5.74) is 0.516. The van der Waals surface area contributed by atoms with Crippen LogP contribution in [0.2, 0.25) is 0 Å². The Hall–Kier alpha value is -1.46. The minimum atomic E-state index is -0.356. The molecule has 0 spiro atoms. The van der Waals surface area contributed by atoms with Gasteiger partial charge in [-0.2, -0.15) is 0 Å². The van der Waals surface area contributed by atoms with E-state index in [2.05, 4.69) is 5.32 Å². The Balaban J connectivity index is 2.01. The number of amides is 1. The van der Waals surface area contributed by atoms with Crippen LogP contribution in [-0.4, -0.2) is 43.2 Å². The van der Waals surface area contributed by atoms with Gasteiger partial charge in [-0.05, 0) is 13.0 Å². The number of likely N-dealkylation sites (N-methyl/N-ethyl adjacent to an activating group) is 1. The van der Waals surface area contributed by atoms with Gasteiger partial charge >= 0.3 is 0 Å². The van der Waals surface area contributed by atoms with Crippen molar-refractivity contribution in [2.24, 2.45) is 0 Å². The molecule has 0 unspecified atom stereocenters. The van der Waals surface area contributed by atoms with E-state index in [1.165, 1.54) is 11.0 Å². The number of hydrogen-bond donors (Lipinski definition) is 1. The lowest BCUT2D eigenvalue weighted by Gasteiger charge is -2.32. The number of carbonyl (C=O) groups is 1. The van der Waals surface area contributed by atoms with E-state index in [4.69, 9.17) is 4.74 Å². The van der Waals surface area contributed by atoms with Gasteiger partial charge in [0.25, 0.3) is 0 Å². The maximum absolute atomic E-state index is 13.6. The molecular formula is C14H19FN2O2. The Kier molecular flexibility index (Phi) is 4.50. The van der Waals surface area contributed by atoms with Crippen molar-refractivity contribution < 1.29 is 13.9 Å². The largest absolute Gasteiger partial charge is 0.375 e. The highest BCUT2D eigenvalue weighted by molar-refractivity contribution is 5.82. The molecule has 1 amide bonds. The Labute approximate surface area is 112 Å². The van der Waals surface area contributed by atoms with Crippen LogP contribution in [0.5, 0.6) is 0 Å². The lowest BCUT2D eigenvalue weighted by atomic mass is 10.1. The lowest BCUT2D eigenvalue weighted by molar-refractivity contribution is -0.138. The second-order valence-corrected chi connectivity index (χ2v) is 4.79. The van der Waals surface area contributed by atoms with Crippen LogP contribution < -0.4 is 5.32 Å². The number of nitrogens with one attached hydrogen (secondary N) is 1. The van der Waals surface area contributed by atoms with Gasteiger partial charge in [0.05, 0.1) is 12.7 Å². The van der Waals surface area contributed by atoms with Crippen molar-refractivity contribution in [3.05, 3.63) is 35.6 Å². The molecule has 1 aliphatic rings. The van der Waals surface area contributed by atoms with Crippen LogP contribution in [0, 0.1) is 5.82 Å². The molecule has 0 radical (unpaired) electrons. The smallest absolute Gasteiger partial charge is 0.242 e. The summed E-state index contributed by atoms with van der Waals surface area (Å²) in [5.74, 6) is -0.362. The van der Waals surface area contributed by atoms with Crippen LogP contribution in [0.3, 0.4) is 0 Å². The van der Waals surface area contributed by atoms with E-state index in [9.17, 15) is 9.18 Å². The molecular weight excluding hydrogens is 247 g/mol. The molecule has 0 saturated carbocycles. The second-order valence-electron chi connectivity index (χ2n) is 4.79. The fourth-order valence-corrected chi connectivity index (χ4v) is 2.21. The first kappa shape index (κ1) is 14.0. The van der Waals surface area contributed by atoms with Gasteiger partial charge in [-0.25, -0.2) is 4.39 Å². The molecule has 1 heterocycles. The topological polar surface area (TPSA) is 41.6 Å². The number of morpholine rings is 1. The molecule has 104 valence electrons. The van der Waals surface area contributed by atoms with Crippen LogP contribution >= 0.6 is 0 Å². The van der Waals surface area contributed by atoms with E-state index in [0.717, 1.165) is 0 Å². The molecule has 0 aliphatic carbocycles. The van der Waals surface area contributed by atoms with Crippen molar-refractivity contribution in [2.75, 3.05) is 20.2 Å². The summed E-state index contributed by atoms with van der Waals surface area (Å²) in [7, 11) is 1.68. The van der Waals surface area contributed by atoms with Gasteiger partial charge in [0.15, 0.2) is 0 Å². The Morgan fingerprint density at radius 3 is 2.95 bits per heavy atom. The first-order valence-electron chi connectivity index (χ1n) is 6.43. The van der Waals surface area contributed by atoms with Gasteiger partial charge in [0, 0.05) is 25.7 Å². The van der Waals surface area contributed by atoms with Crippen molar-refractivity contribution in [1.29, 1.82) is 0 Å². The average Bonchev–Trinajstić information content (AvgIpc) is 2.41. The van der Waals surface area contributed by atoms with Crippen LogP contribution in [0.4, 0.5) is 4.39 Å². The van der Waals surface area contributed by atoms with Crippen molar-refractivity contribution in [2.45, 2.75) is 25.6 Å². The third-order valence-corrected chi connectivity index (χ3v) is 3.32. The Morgan fingerprint density at radius 1 is 1.53 bits per heavy atom. The maximum Gasteiger partial charge on any atom is 0.242 e. The van der Waals surface area contributed by atoms with Gasteiger partial charge < -0.3 is 15.0 Å². The predicted octanol–water partition coefficient (Wildman–Crippen LogP) is 1.16. The van der Waals surface area contributed by atoms with Crippen LogP contribution in [0.25, 0.3) is 0 Å². The number of carbonyl (C=O) groups excluding carboxylic acids is 1. The third kappa shape index (κ3) is 3.30. The number of nitrogens with zero attached hydrogens (tertiary/aromatic N) is 1. The van der Waals surface area contributed by atoms with E-state index in [0.29, 0.717) is 18.7 Å². The Bertz CT molecular complexity index is 453. The molecule has 19 heavy (non-hydrogen) atoms. The summed E-state index contributed by atoms with van der Waals surface area (Å²) in [6.45, 7) is 3.40. The normalized spacial score (nSPS) is 23.1. The van der Waals surface area contributed by atoms with Crippen molar-refractivity contribution in [3.63, 3.8) is 0 Å². The molecule has 1 saturated heterocycles. The minimum Gasteiger partial charge on any atom is -0.375 e. The molecule has 1 N–H and O–H groups in total. The van der Waals surface area contributed by atoms with E-state index in [1.54, 1.807) is 25.2 Å². The van der Waals surface area contributed by atoms with Crippen molar-refractivity contribution in [1.82, 2.24) is 10.2 Å². The first-order valence-corrected chi connectivity index (χ1v) is 6.43. The molecule has 1 aromatic rings. The fraction of sp³-hybridized carbons (Fsp3) is 0.500. The fourth-order valence-electron chi connectivity index (χ4n) is 2.21. The predicted molar refractivity (Wildman–Crippen MR) is 70.1 cm³/mol. The van der Waals surface area contributed by atoms with Crippen LogP contribution in [0.15, 0.2) is 24.3 Å². The minimum absolute atomic E-state index is 0.0737. The highest BCUT2D eigenvalue weighted by atomic mass is 19.1. The molecule has 0 bridgehead atoms. The van der Waals surface area contributed by atoms with Gasteiger partial charge in [-0.1, -0.05) is 18.2 Å². The molecule has 0 aromatic heterocycles. The van der Waals surface area contributed by atoms with Crippen molar-refractivity contribution >= 4 is 5.91 Å². The molecule has 2 atom stereocenters. The zero-order valence-corrected chi connectivity index (χ0v) is 11.2. The molecule has 1 aromatic carbocycles. The third-order valence-electron chi connectivity index (χ3n) is 3.32.